The first-order valence-electron chi connectivity index (χ1n) is 5.77. The normalized spacial score (nSPS) is 26.6. The standard InChI is InChI=1S/C12H25NOS/c1-11(2)8-10(6-7-14-11)13-9-12(3,4)15-5/h10,13H,6-9H2,1-5H3. The van der Waals surface area contributed by atoms with Crippen LogP contribution in [0.5, 0.6) is 0 Å². The summed E-state index contributed by atoms with van der Waals surface area (Å²) in [6.45, 7) is 10.9. The molecule has 1 atom stereocenters. The molecule has 0 aromatic heterocycles. The van der Waals surface area contributed by atoms with Crippen molar-refractivity contribution < 1.29 is 4.74 Å². The zero-order valence-electron chi connectivity index (χ0n) is 10.7. The van der Waals surface area contributed by atoms with Gasteiger partial charge in [0.15, 0.2) is 0 Å². The van der Waals surface area contributed by atoms with E-state index in [-0.39, 0.29) is 5.60 Å². The number of rotatable bonds is 4. The van der Waals surface area contributed by atoms with Gasteiger partial charge in [0, 0.05) is 23.9 Å². The molecule has 1 fully saturated rings. The Morgan fingerprint density at radius 3 is 2.67 bits per heavy atom. The molecule has 15 heavy (non-hydrogen) atoms. The van der Waals surface area contributed by atoms with Crippen molar-refractivity contribution in [1.29, 1.82) is 0 Å². The largest absolute Gasteiger partial charge is 0.375 e. The van der Waals surface area contributed by atoms with Gasteiger partial charge in [0.2, 0.25) is 0 Å². The zero-order valence-corrected chi connectivity index (χ0v) is 11.5. The molecule has 0 amide bonds. The van der Waals surface area contributed by atoms with Crippen molar-refractivity contribution in [2.24, 2.45) is 0 Å². The summed E-state index contributed by atoms with van der Waals surface area (Å²) in [5, 5.41) is 3.67. The summed E-state index contributed by atoms with van der Waals surface area (Å²) in [5.41, 5.74) is 0.0550. The Morgan fingerprint density at radius 1 is 1.47 bits per heavy atom. The van der Waals surface area contributed by atoms with E-state index in [1.165, 1.54) is 0 Å². The molecule has 0 bridgehead atoms. The second kappa shape index (κ2) is 5.07. The Hall–Kier alpha value is 0.270. The third kappa shape index (κ3) is 4.75. The Morgan fingerprint density at radius 2 is 2.13 bits per heavy atom. The van der Waals surface area contributed by atoms with Crippen LogP contribution in [0, 0.1) is 0 Å². The van der Waals surface area contributed by atoms with E-state index >= 15 is 0 Å². The summed E-state index contributed by atoms with van der Waals surface area (Å²) in [6, 6.07) is 0.625. The van der Waals surface area contributed by atoms with Gasteiger partial charge < -0.3 is 10.1 Å². The molecule has 1 heterocycles. The molecule has 0 aromatic rings. The minimum atomic E-state index is 0.0550. The minimum Gasteiger partial charge on any atom is -0.375 e. The van der Waals surface area contributed by atoms with Crippen LogP contribution in [0.3, 0.4) is 0 Å². The minimum absolute atomic E-state index is 0.0550. The highest BCUT2D eigenvalue weighted by Crippen LogP contribution is 2.25. The number of thioether (sulfide) groups is 1. The fourth-order valence-electron chi connectivity index (χ4n) is 1.87. The van der Waals surface area contributed by atoms with Gasteiger partial charge in [-0.05, 0) is 46.8 Å². The summed E-state index contributed by atoms with van der Waals surface area (Å²) in [6.07, 6.45) is 4.45. The van der Waals surface area contributed by atoms with Gasteiger partial charge in [0.25, 0.3) is 0 Å². The van der Waals surface area contributed by atoms with Gasteiger partial charge >= 0.3 is 0 Å². The average molecular weight is 231 g/mol. The molecular weight excluding hydrogens is 206 g/mol. The van der Waals surface area contributed by atoms with E-state index in [0.29, 0.717) is 10.8 Å². The lowest BCUT2D eigenvalue weighted by atomic mass is 9.93. The molecule has 0 saturated carbocycles. The summed E-state index contributed by atoms with van der Waals surface area (Å²) in [4.78, 5) is 0. The Kier molecular flexibility index (Phi) is 4.50. The fourth-order valence-corrected chi connectivity index (χ4v) is 2.10. The van der Waals surface area contributed by atoms with E-state index in [1.807, 2.05) is 11.8 Å². The van der Waals surface area contributed by atoms with Crippen LogP contribution < -0.4 is 5.32 Å². The highest BCUT2D eigenvalue weighted by Gasteiger charge is 2.29. The third-order valence-corrected chi connectivity index (χ3v) is 4.32. The summed E-state index contributed by atoms with van der Waals surface area (Å²) in [5.74, 6) is 0. The number of hydrogen-bond donors (Lipinski definition) is 1. The van der Waals surface area contributed by atoms with Crippen molar-refractivity contribution in [2.75, 3.05) is 19.4 Å². The molecule has 1 unspecified atom stereocenters. The second-order valence-corrected chi connectivity index (χ2v) is 7.16. The van der Waals surface area contributed by atoms with Crippen LogP contribution in [-0.4, -0.2) is 35.8 Å². The van der Waals surface area contributed by atoms with Gasteiger partial charge in [0.1, 0.15) is 0 Å². The Bertz CT molecular complexity index is 204. The van der Waals surface area contributed by atoms with Crippen molar-refractivity contribution >= 4 is 11.8 Å². The predicted octanol–water partition coefficient (Wildman–Crippen LogP) is 2.68. The number of ether oxygens (including phenoxy) is 1. The van der Waals surface area contributed by atoms with E-state index in [1.54, 1.807) is 0 Å². The molecule has 2 nitrogen and oxygen atoms in total. The Balaban J connectivity index is 2.33. The first-order valence-corrected chi connectivity index (χ1v) is 7.00. The highest BCUT2D eigenvalue weighted by molar-refractivity contribution is 7.99. The van der Waals surface area contributed by atoms with Gasteiger partial charge in [-0.1, -0.05) is 0 Å². The fraction of sp³-hybridized carbons (Fsp3) is 1.00. The molecule has 90 valence electrons. The quantitative estimate of drug-likeness (QED) is 0.804. The molecule has 0 aromatic carbocycles. The molecule has 1 aliphatic heterocycles. The smallest absolute Gasteiger partial charge is 0.0641 e. The van der Waals surface area contributed by atoms with Gasteiger partial charge in [-0.15, -0.1) is 0 Å². The van der Waals surface area contributed by atoms with E-state index < -0.39 is 0 Å². The van der Waals surface area contributed by atoms with Crippen LogP contribution in [0.4, 0.5) is 0 Å². The van der Waals surface area contributed by atoms with Crippen molar-refractivity contribution in [3.63, 3.8) is 0 Å². The first-order chi connectivity index (χ1) is 6.85. The van der Waals surface area contributed by atoms with Crippen LogP contribution in [0.25, 0.3) is 0 Å². The highest BCUT2D eigenvalue weighted by atomic mass is 32.2. The van der Waals surface area contributed by atoms with Crippen molar-refractivity contribution in [2.45, 2.75) is 56.9 Å². The summed E-state index contributed by atoms with van der Waals surface area (Å²) < 4.78 is 6.04. The summed E-state index contributed by atoms with van der Waals surface area (Å²) in [7, 11) is 0. The molecule has 3 heteroatoms. The van der Waals surface area contributed by atoms with Gasteiger partial charge in [-0.25, -0.2) is 0 Å². The topological polar surface area (TPSA) is 21.3 Å². The van der Waals surface area contributed by atoms with Crippen molar-refractivity contribution in [3.8, 4) is 0 Å². The van der Waals surface area contributed by atoms with Crippen LogP contribution in [0.1, 0.15) is 40.5 Å². The van der Waals surface area contributed by atoms with Crippen LogP contribution in [0.15, 0.2) is 0 Å². The number of hydrogen-bond acceptors (Lipinski definition) is 3. The maximum atomic E-state index is 5.71. The summed E-state index contributed by atoms with van der Waals surface area (Å²) >= 11 is 1.92. The number of nitrogens with one attached hydrogen (secondary N) is 1. The predicted molar refractivity (Wildman–Crippen MR) is 68.6 cm³/mol. The molecule has 1 aliphatic rings. The monoisotopic (exact) mass is 231 g/mol. The molecular formula is C12H25NOS. The maximum Gasteiger partial charge on any atom is 0.0641 e. The lowest BCUT2D eigenvalue weighted by molar-refractivity contribution is -0.0629. The van der Waals surface area contributed by atoms with E-state index in [4.69, 9.17) is 4.74 Å². The van der Waals surface area contributed by atoms with Crippen molar-refractivity contribution in [1.82, 2.24) is 5.32 Å². The average Bonchev–Trinajstić information content (AvgIpc) is 2.14. The molecule has 0 spiro atoms. The van der Waals surface area contributed by atoms with Crippen LogP contribution >= 0.6 is 11.8 Å². The van der Waals surface area contributed by atoms with E-state index in [2.05, 4.69) is 39.3 Å². The van der Waals surface area contributed by atoms with Crippen molar-refractivity contribution in [3.05, 3.63) is 0 Å². The van der Waals surface area contributed by atoms with Gasteiger partial charge in [0.05, 0.1) is 5.60 Å². The molecule has 1 saturated heterocycles. The Labute approximate surface area is 98.5 Å². The SMILES string of the molecule is CSC(C)(C)CNC1CCOC(C)(C)C1. The molecule has 0 aliphatic carbocycles. The van der Waals surface area contributed by atoms with Crippen LogP contribution in [0.2, 0.25) is 0 Å². The van der Waals surface area contributed by atoms with Gasteiger partial charge in [-0.3, -0.25) is 0 Å². The van der Waals surface area contributed by atoms with E-state index in [0.717, 1.165) is 26.0 Å². The lowest BCUT2D eigenvalue weighted by Crippen LogP contribution is -2.46. The first kappa shape index (κ1) is 13.3. The van der Waals surface area contributed by atoms with Gasteiger partial charge in [-0.2, -0.15) is 11.8 Å². The molecule has 1 N–H and O–H groups in total. The van der Waals surface area contributed by atoms with Crippen LogP contribution in [-0.2, 0) is 4.74 Å². The third-order valence-electron chi connectivity index (χ3n) is 3.07. The maximum absolute atomic E-state index is 5.71. The second-order valence-electron chi connectivity index (χ2n) is 5.64. The zero-order chi connectivity index (χ0) is 11.5. The lowest BCUT2D eigenvalue weighted by Gasteiger charge is -2.37. The molecule has 1 rings (SSSR count). The molecule has 0 radical (unpaired) electrons. The van der Waals surface area contributed by atoms with E-state index in [9.17, 15) is 0 Å².